The van der Waals surface area contributed by atoms with E-state index in [2.05, 4.69) is 41.5 Å². The maximum Gasteiger partial charge on any atom is 0.472 e. The molecule has 0 aliphatic carbocycles. The van der Waals surface area contributed by atoms with Gasteiger partial charge in [0.05, 0.1) is 26.4 Å². The zero-order valence-electron chi connectivity index (χ0n) is 53.5. The number of carbonyl (C=O) groups is 4. The van der Waals surface area contributed by atoms with Crippen LogP contribution in [0.2, 0.25) is 0 Å². The molecule has 5 atom stereocenters. The van der Waals surface area contributed by atoms with Crippen LogP contribution < -0.4 is 0 Å². The van der Waals surface area contributed by atoms with E-state index in [9.17, 15) is 43.2 Å². The maximum absolute atomic E-state index is 13.0. The summed E-state index contributed by atoms with van der Waals surface area (Å²) in [5, 5.41) is 10.5. The van der Waals surface area contributed by atoms with Gasteiger partial charge in [-0.2, -0.15) is 0 Å². The van der Waals surface area contributed by atoms with Crippen LogP contribution in [0.1, 0.15) is 318 Å². The minimum atomic E-state index is -4.94. The van der Waals surface area contributed by atoms with Crippen molar-refractivity contribution in [3.8, 4) is 0 Å². The van der Waals surface area contributed by atoms with Gasteiger partial charge in [-0.3, -0.25) is 37.3 Å². The fourth-order valence-corrected chi connectivity index (χ4v) is 11.1. The quantitative estimate of drug-likeness (QED) is 0.0222. The summed E-state index contributed by atoms with van der Waals surface area (Å²) in [6.45, 7) is 9.35. The molecule has 0 saturated carbocycles. The van der Waals surface area contributed by atoms with Crippen molar-refractivity contribution >= 4 is 39.5 Å². The molecule has 2 unspecified atom stereocenters. The molecule has 0 spiro atoms. The molecule has 0 aromatic heterocycles. The molecule has 0 radical (unpaired) electrons. The second-order valence-electron chi connectivity index (χ2n) is 24.1. The van der Waals surface area contributed by atoms with Gasteiger partial charge in [-0.1, -0.05) is 266 Å². The number of unbranched alkanes of at least 4 members (excludes halogenated alkanes) is 33. The topological polar surface area (TPSA) is 237 Å². The number of phosphoric ester groups is 2. The number of rotatable bonds is 63. The molecule has 0 saturated heterocycles. The molecule has 19 heteroatoms. The van der Waals surface area contributed by atoms with Gasteiger partial charge >= 0.3 is 39.5 Å². The van der Waals surface area contributed by atoms with Crippen molar-refractivity contribution in [3.63, 3.8) is 0 Å². The summed E-state index contributed by atoms with van der Waals surface area (Å²) in [6.07, 6.45) is 39.2. The molecule has 0 rings (SSSR count). The van der Waals surface area contributed by atoms with Crippen LogP contribution in [0, 0.1) is 11.8 Å². The molecule has 0 amide bonds. The average Bonchev–Trinajstić information content (AvgIpc) is 3.44. The lowest BCUT2D eigenvalue weighted by Gasteiger charge is -2.21. The number of carbonyl (C=O) groups excluding carboxylic acids is 4. The molecule has 83 heavy (non-hydrogen) atoms. The zero-order chi connectivity index (χ0) is 61.5. The van der Waals surface area contributed by atoms with Gasteiger partial charge in [-0.25, -0.2) is 9.13 Å². The van der Waals surface area contributed by atoms with Crippen LogP contribution in [-0.4, -0.2) is 96.7 Å². The van der Waals surface area contributed by atoms with Crippen molar-refractivity contribution in [1.29, 1.82) is 0 Å². The van der Waals surface area contributed by atoms with Crippen LogP contribution in [0.25, 0.3) is 0 Å². The Hall–Kier alpha value is -1.94. The van der Waals surface area contributed by atoms with Crippen molar-refractivity contribution in [2.24, 2.45) is 11.8 Å². The van der Waals surface area contributed by atoms with E-state index in [1.165, 1.54) is 122 Å². The second kappa shape index (κ2) is 56.6. The predicted octanol–water partition coefficient (Wildman–Crippen LogP) is 17.7. The Balaban J connectivity index is 5.21. The van der Waals surface area contributed by atoms with Crippen molar-refractivity contribution in [3.05, 3.63) is 0 Å². The maximum atomic E-state index is 13.0. The number of aliphatic hydroxyl groups excluding tert-OH is 1. The van der Waals surface area contributed by atoms with E-state index in [1.807, 2.05) is 0 Å². The fourth-order valence-electron chi connectivity index (χ4n) is 9.53. The van der Waals surface area contributed by atoms with Gasteiger partial charge < -0.3 is 33.8 Å². The van der Waals surface area contributed by atoms with Crippen molar-refractivity contribution in [2.45, 2.75) is 336 Å². The Morgan fingerprint density at radius 2 is 0.554 bits per heavy atom. The number of aliphatic hydroxyl groups is 1. The van der Waals surface area contributed by atoms with E-state index in [-0.39, 0.29) is 25.7 Å². The van der Waals surface area contributed by atoms with Crippen molar-refractivity contribution in [1.82, 2.24) is 0 Å². The molecule has 0 aromatic rings. The Bertz CT molecular complexity index is 1630. The van der Waals surface area contributed by atoms with Crippen LogP contribution in [-0.2, 0) is 65.4 Å². The minimum Gasteiger partial charge on any atom is -0.462 e. The highest BCUT2D eigenvalue weighted by molar-refractivity contribution is 7.47. The summed E-state index contributed by atoms with van der Waals surface area (Å²) in [5.74, 6) is -0.727. The summed E-state index contributed by atoms with van der Waals surface area (Å²) >= 11 is 0. The van der Waals surface area contributed by atoms with Crippen LogP contribution in [0.3, 0.4) is 0 Å². The summed E-state index contributed by atoms with van der Waals surface area (Å²) < 4.78 is 67.9. The molecule has 0 aliphatic heterocycles. The van der Waals surface area contributed by atoms with Gasteiger partial charge in [0.2, 0.25) is 0 Å². The first-order chi connectivity index (χ1) is 39.9. The molecule has 0 bridgehead atoms. The minimum absolute atomic E-state index is 0.102. The van der Waals surface area contributed by atoms with Crippen LogP contribution in [0.4, 0.5) is 0 Å². The van der Waals surface area contributed by atoms with Gasteiger partial charge in [-0.15, -0.1) is 0 Å². The molecular formula is C64H124O17P2. The summed E-state index contributed by atoms with van der Waals surface area (Å²) in [4.78, 5) is 72.1. The third-order valence-corrected chi connectivity index (χ3v) is 16.6. The lowest BCUT2D eigenvalue weighted by atomic mass is 10.0. The Kier molecular flexibility index (Phi) is 55.2. The molecule has 492 valence electrons. The smallest absolute Gasteiger partial charge is 0.462 e. The first kappa shape index (κ1) is 81.1. The highest BCUT2D eigenvalue weighted by atomic mass is 31.2. The van der Waals surface area contributed by atoms with Gasteiger partial charge in [0.15, 0.2) is 12.2 Å². The van der Waals surface area contributed by atoms with Crippen molar-refractivity contribution in [2.75, 3.05) is 39.6 Å². The monoisotopic (exact) mass is 1230 g/mol. The van der Waals surface area contributed by atoms with Gasteiger partial charge in [0, 0.05) is 25.7 Å². The largest absolute Gasteiger partial charge is 0.472 e. The normalized spacial score (nSPS) is 14.3. The number of hydrogen-bond acceptors (Lipinski definition) is 15. The van der Waals surface area contributed by atoms with Crippen molar-refractivity contribution < 1.29 is 80.2 Å². The first-order valence-electron chi connectivity index (χ1n) is 33.5. The summed E-state index contributed by atoms with van der Waals surface area (Å²) in [6, 6.07) is 0. The molecule has 17 nitrogen and oxygen atoms in total. The van der Waals surface area contributed by atoms with E-state index >= 15 is 0 Å². The van der Waals surface area contributed by atoms with E-state index in [4.69, 9.17) is 37.0 Å². The Morgan fingerprint density at radius 3 is 0.819 bits per heavy atom. The third kappa shape index (κ3) is 58.8. The van der Waals surface area contributed by atoms with Gasteiger partial charge in [0.25, 0.3) is 0 Å². The fraction of sp³-hybridized carbons (Fsp3) is 0.938. The van der Waals surface area contributed by atoms with Crippen LogP contribution in [0.5, 0.6) is 0 Å². The number of esters is 4. The van der Waals surface area contributed by atoms with Crippen LogP contribution in [0.15, 0.2) is 0 Å². The van der Waals surface area contributed by atoms with E-state index in [1.54, 1.807) is 0 Å². The molecule has 0 heterocycles. The second-order valence-corrected chi connectivity index (χ2v) is 27.0. The van der Waals surface area contributed by atoms with Gasteiger partial charge in [-0.05, 0) is 37.5 Å². The summed E-state index contributed by atoms with van der Waals surface area (Å²) in [5.41, 5.74) is 0. The summed E-state index contributed by atoms with van der Waals surface area (Å²) in [7, 11) is -9.88. The Morgan fingerprint density at radius 1 is 0.325 bits per heavy atom. The third-order valence-electron chi connectivity index (χ3n) is 14.7. The van der Waals surface area contributed by atoms with E-state index < -0.39 is 97.5 Å². The number of hydrogen-bond donors (Lipinski definition) is 3. The zero-order valence-corrected chi connectivity index (χ0v) is 55.3. The molecule has 0 aliphatic rings. The lowest BCUT2D eigenvalue weighted by molar-refractivity contribution is -0.161. The number of ether oxygens (including phenoxy) is 4. The Labute approximate surface area is 505 Å². The average molecular weight is 1230 g/mol. The van der Waals surface area contributed by atoms with E-state index in [0.717, 1.165) is 109 Å². The number of phosphoric acid groups is 2. The van der Waals surface area contributed by atoms with E-state index in [0.29, 0.717) is 31.6 Å². The first-order valence-corrected chi connectivity index (χ1v) is 36.5. The standard InChI is InChI=1S/C64H124O17P2/c1-7-9-11-13-15-16-17-18-19-20-21-24-29-36-42-48-63(68)80-59(53-75-62(67)47-41-35-28-25-22-23-27-32-38-44-56(3)4)54-78-82(70,71)76-50-58(65)51-77-83(72,73)79-55-60(52-74-61(66)46-40-34-26-14-12-10-8-2)81-64(69)49-43-37-31-30-33-39-45-57(5)6/h56-60,65H,7-55H2,1-6H3,(H,70,71)(H,72,73)/t58-,59-,60-/m1/s1. The molecule has 3 N–H and O–H groups in total. The molecule has 0 aromatic carbocycles. The van der Waals surface area contributed by atoms with Gasteiger partial charge in [0.1, 0.15) is 19.3 Å². The highest BCUT2D eigenvalue weighted by Gasteiger charge is 2.30. The molecule has 0 fully saturated rings. The SMILES string of the molecule is CCCCCCCCCCCCCCCCCC(=O)O[C@H](COC(=O)CCCCCCCCCCCC(C)C)COP(=O)(O)OC[C@@H](O)COP(=O)(O)OC[C@@H](COC(=O)CCCCCCCCC)OC(=O)CCCCCCCCC(C)C. The predicted molar refractivity (Wildman–Crippen MR) is 331 cm³/mol. The lowest BCUT2D eigenvalue weighted by Crippen LogP contribution is -2.30. The van der Waals surface area contributed by atoms with Crippen LogP contribution >= 0.6 is 15.6 Å². The highest BCUT2D eigenvalue weighted by Crippen LogP contribution is 2.45. The molecular weight excluding hydrogens is 1100 g/mol.